The maximum atomic E-state index is 14.2. The minimum atomic E-state index is -0.534. The molecule has 0 radical (unpaired) electrons. The molecule has 1 saturated heterocycles. The third-order valence-electron chi connectivity index (χ3n) is 5.43. The van der Waals surface area contributed by atoms with Crippen molar-refractivity contribution in [2.75, 3.05) is 0 Å². The van der Waals surface area contributed by atoms with Crippen molar-refractivity contribution in [3.8, 4) is 0 Å². The first-order valence-electron chi connectivity index (χ1n) is 10.2. The van der Waals surface area contributed by atoms with E-state index in [4.69, 9.17) is 0 Å². The molecule has 0 spiro atoms. The molecule has 1 aliphatic carbocycles. The molecule has 1 N–H and O–H groups in total. The highest BCUT2D eigenvalue weighted by atomic mass is 32.2. The Labute approximate surface area is 179 Å². The second kappa shape index (κ2) is 9.00. The molecule has 2 aromatic rings. The van der Waals surface area contributed by atoms with Crippen molar-refractivity contribution in [1.29, 1.82) is 0 Å². The second-order valence-corrected chi connectivity index (χ2v) is 8.89. The van der Waals surface area contributed by atoms with Gasteiger partial charge in [0.05, 0.1) is 0 Å². The topological polar surface area (TPSA) is 61.8 Å². The van der Waals surface area contributed by atoms with Crippen LogP contribution in [0.5, 0.6) is 0 Å². The SMILES string of the molecule is Cc1ccc(F)c(N=C2SC(CC(=O)NCc3ccccc3)C(=O)N2C2CCC2)c1. The van der Waals surface area contributed by atoms with Gasteiger partial charge in [-0.15, -0.1) is 0 Å². The first-order valence-corrected chi connectivity index (χ1v) is 11.0. The number of aliphatic imine (C=N–C) groups is 1. The monoisotopic (exact) mass is 425 g/mol. The second-order valence-electron chi connectivity index (χ2n) is 7.72. The molecule has 4 rings (SSSR count). The summed E-state index contributed by atoms with van der Waals surface area (Å²) in [5.74, 6) is -0.702. The quantitative estimate of drug-likeness (QED) is 0.750. The highest BCUT2D eigenvalue weighted by Crippen LogP contribution is 2.38. The summed E-state index contributed by atoms with van der Waals surface area (Å²) in [6.45, 7) is 2.30. The zero-order valence-electron chi connectivity index (χ0n) is 16.8. The Kier molecular flexibility index (Phi) is 6.18. The lowest BCUT2D eigenvalue weighted by molar-refractivity contribution is -0.131. The fourth-order valence-corrected chi connectivity index (χ4v) is 4.73. The van der Waals surface area contributed by atoms with Crippen molar-refractivity contribution < 1.29 is 14.0 Å². The predicted molar refractivity (Wildman–Crippen MR) is 117 cm³/mol. The Morgan fingerprint density at radius 2 is 2.00 bits per heavy atom. The van der Waals surface area contributed by atoms with Crippen LogP contribution in [0, 0.1) is 12.7 Å². The lowest BCUT2D eigenvalue weighted by atomic mass is 9.91. The van der Waals surface area contributed by atoms with Gasteiger partial charge in [0.25, 0.3) is 0 Å². The van der Waals surface area contributed by atoms with E-state index in [1.165, 1.54) is 17.8 Å². The summed E-state index contributed by atoms with van der Waals surface area (Å²) < 4.78 is 14.2. The van der Waals surface area contributed by atoms with Gasteiger partial charge in [-0.1, -0.05) is 48.2 Å². The molecule has 1 unspecified atom stereocenters. The van der Waals surface area contributed by atoms with Gasteiger partial charge >= 0.3 is 0 Å². The molecule has 7 heteroatoms. The summed E-state index contributed by atoms with van der Waals surface area (Å²) in [5.41, 5.74) is 2.13. The molecule has 156 valence electrons. The smallest absolute Gasteiger partial charge is 0.242 e. The Bertz CT molecular complexity index is 976. The lowest BCUT2D eigenvalue weighted by Gasteiger charge is -2.34. The number of amidine groups is 1. The van der Waals surface area contributed by atoms with Gasteiger partial charge in [-0.2, -0.15) is 0 Å². The normalized spacial score (nSPS) is 20.5. The molecule has 30 heavy (non-hydrogen) atoms. The molecule has 0 aromatic heterocycles. The number of nitrogens with one attached hydrogen (secondary N) is 1. The van der Waals surface area contributed by atoms with Gasteiger partial charge in [-0.3, -0.25) is 14.5 Å². The van der Waals surface area contributed by atoms with Gasteiger partial charge in [0, 0.05) is 19.0 Å². The third kappa shape index (κ3) is 4.56. The number of carbonyl (C=O) groups is 2. The predicted octanol–water partition coefficient (Wildman–Crippen LogP) is 4.32. The van der Waals surface area contributed by atoms with E-state index >= 15 is 0 Å². The molecule has 2 aliphatic rings. The minimum absolute atomic E-state index is 0.0782. The summed E-state index contributed by atoms with van der Waals surface area (Å²) in [6.07, 6.45) is 2.96. The van der Waals surface area contributed by atoms with Gasteiger partial charge < -0.3 is 5.32 Å². The summed E-state index contributed by atoms with van der Waals surface area (Å²) in [7, 11) is 0. The van der Waals surface area contributed by atoms with Crippen LogP contribution in [0.4, 0.5) is 10.1 Å². The number of nitrogens with zero attached hydrogens (tertiary/aromatic N) is 2. The van der Waals surface area contributed by atoms with Gasteiger partial charge in [0.1, 0.15) is 16.8 Å². The van der Waals surface area contributed by atoms with Crippen LogP contribution in [0.15, 0.2) is 53.5 Å². The summed E-state index contributed by atoms with van der Waals surface area (Å²) in [5, 5.41) is 2.84. The van der Waals surface area contributed by atoms with Crippen molar-refractivity contribution in [3.63, 3.8) is 0 Å². The molecule has 1 atom stereocenters. The first-order chi connectivity index (χ1) is 14.5. The maximum absolute atomic E-state index is 14.2. The molecular weight excluding hydrogens is 401 g/mol. The number of hydrogen-bond acceptors (Lipinski definition) is 4. The average molecular weight is 426 g/mol. The minimum Gasteiger partial charge on any atom is -0.352 e. The Morgan fingerprint density at radius 3 is 2.70 bits per heavy atom. The molecule has 1 aliphatic heterocycles. The van der Waals surface area contributed by atoms with Crippen LogP contribution in [-0.2, 0) is 16.1 Å². The van der Waals surface area contributed by atoms with Crippen LogP contribution >= 0.6 is 11.8 Å². The number of benzene rings is 2. The molecule has 2 aromatic carbocycles. The van der Waals surface area contributed by atoms with Crippen LogP contribution in [0.2, 0.25) is 0 Å². The standard InChI is InChI=1S/C23H24FN3O2S/c1-15-10-11-18(24)19(12-15)26-23-27(17-8-5-9-17)22(29)20(30-23)13-21(28)25-14-16-6-3-2-4-7-16/h2-4,6-7,10-12,17,20H,5,8-9,13-14H2,1H3,(H,25,28). The highest BCUT2D eigenvalue weighted by molar-refractivity contribution is 8.15. The van der Waals surface area contributed by atoms with Crippen LogP contribution in [0.25, 0.3) is 0 Å². The van der Waals surface area contributed by atoms with Crippen molar-refractivity contribution in [3.05, 3.63) is 65.5 Å². The summed E-state index contributed by atoms with van der Waals surface area (Å²) in [6, 6.07) is 14.5. The van der Waals surface area contributed by atoms with Crippen LogP contribution in [-0.4, -0.2) is 33.2 Å². The first kappa shape index (κ1) is 20.6. The Morgan fingerprint density at radius 1 is 1.23 bits per heavy atom. The Balaban J connectivity index is 1.48. The van der Waals surface area contributed by atoms with E-state index in [0.717, 1.165) is 30.4 Å². The number of rotatable bonds is 6. The number of hydrogen-bond donors (Lipinski definition) is 1. The van der Waals surface area contributed by atoms with Crippen LogP contribution in [0.1, 0.15) is 36.8 Å². The molecule has 1 saturated carbocycles. The summed E-state index contributed by atoms with van der Waals surface area (Å²) >= 11 is 1.26. The van der Waals surface area contributed by atoms with E-state index in [0.29, 0.717) is 11.7 Å². The number of halogens is 1. The lowest BCUT2D eigenvalue weighted by Crippen LogP contribution is -2.45. The highest BCUT2D eigenvalue weighted by Gasteiger charge is 2.44. The average Bonchev–Trinajstić information content (AvgIpc) is 2.98. The van der Waals surface area contributed by atoms with Crippen molar-refractivity contribution in [1.82, 2.24) is 10.2 Å². The third-order valence-corrected chi connectivity index (χ3v) is 6.58. The molecule has 2 fully saturated rings. The van der Waals surface area contributed by atoms with Gasteiger partial charge in [-0.25, -0.2) is 9.38 Å². The van der Waals surface area contributed by atoms with Crippen LogP contribution < -0.4 is 5.32 Å². The molecule has 2 amide bonds. The number of carbonyl (C=O) groups excluding carboxylic acids is 2. The summed E-state index contributed by atoms with van der Waals surface area (Å²) in [4.78, 5) is 31.7. The fraction of sp³-hybridized carbons (Fsp3) is 0.348. The van der Waals surface area contributed by atoms with E-state index in [1.54, 1.807) is 17.0 Å². The molecular formula is C23H24FN3O2S. The number of amides is 2. The molecule has 5 nitrogen and oxygen atoms in total. The van der Waals surface area contributed by atoms with Crippen molar-refractivity contribution in [2.45, 2.75) is 50.4 Å². The van der Waals surface area contributed by atoms with E-state index in [9.17, 15) is 14.0 Å². The zero-order valence-corrected chi connectivity index (χ0v) is 17.6. The van der Waals surface area contributed by atoms with E-state index < -0.39 is 11.1 Å². The van der Waals surface area contributed by atoms with Gasteiger partial charge in [-0.05, 0) is 49.4 Å². The maximum Gasteiger partial charge on any atom is 0.242 e. The van der Waals surface area contributed by atoms with Gasteiger partial charge in [0.15, 0.2) is 5.17 Å². The van der Waals surface area contributed by atoms with Crippen molar-refractivity contribution >= 4 is 34.4 Å². The molecule has 1 heterocycles. The van der Waals surface area contributed by atoms with Gasteiger partial charge in [0.2, 0.25) is 11.8 Å². The van der Waals surface area contributed by atoms with E-state index in [1.807, 2.05) is 37.3 Å². The number of aryl methyl sites for hydroxylation is 1. The number of thioether (sulfide) groups is 1. The van der Waals surface area contributed by atoms with Crippen LogP contribution in [0.3, 0.4) is 0 Å². The van der Waals surface area contributed by atoms with Crippen molar-refractivity contribution in [2.24, 2.45) is 4.99 Å². The fourth-order valence-electron chi connectivity index (χ4n) is 3.52. The van der Waals surface area contributed by atoms with E-state index in [-0.39, 0.29) is 30.0 Å². The largest absolute Gasteiger partial charge is 0.352 e. The Hall–Kier alpha value is -2.67. The molecule has 0 bridgehead atoms. The van der Waals surface area contributed by atoms with E-state index in [2.05, 4.69) is 10.3 Å². The zero-order chi connectivity index (χ0) is 21.1.